The molecule has 0 radical (unpaired) electrons. The lowest BCUT2D eigenvalue weighted by atomic mass is 10.2. The molecule has 0 atom stereocenters. The first-order valence-electron chi connectivity index (χ1n) is 6.40. The van der Waals surface area contributed by atoms with Crippen LogP contribution in [0.15, 0.2) is 0 Å². The predicted molar refractivity (Wildman–Crippen MR) is 75.3 cm³/mol. The maximum Gasteiger partial charge on any atom is 0.230 e. The molecule has 5 nitrogen and oxygen atoms in total. The second kappa shape index (κ2) is 6.36. The van der Waals surface area contributed by atoms with E-state index in [0.717, 1.165) is 35.5 Å². The van der Waals surface area contributed by atoms with Gasteiger partial charge < -0.3 is 9.64 Å². The maximum absolute atomic E-state index is 5.33. The van der Waals surface area contributed by atoms with Gasteiger partial charge in [-0.3, -0.25) is 0 Å². The number of hydrogen-bond acceptors (Lipinski definition) is 6. The number of piperidine rings is 1. The van der Waals surface area contributed by atoms with Crippen LogP contribution < -0.4 is 15.1 Å². The highest BCUT2D eigenvalue weighted by Gasteiger charge is 2.15. The topological polar surface area (TPSA) is 40.6 Å². The molecule has 18 heavy (non-hydrogen) atoms. The van der Waals surface area contributed by atoms with Crippen LogP contribution in [-0.4, -0.2) is 44.3 Å². The lowest BCUT2D eigenvalue weighted by molar-refractivity contribution is 0.151. The van der Waals surface area contributed by atoms with Crippen LogP contribution in [0.2, 0.25) is 0 Å². The molecule has 0 saturated carbocycles. The molecule has 1 N–H and O–H groups in total. The van der Waals surface area contributed by atoms with E-state index in [4.69, 9.17) is 4.74 Å². The van der Waals surface area contributed by atoms with Gasteiger partial charge in [-0.1, -0.05) is 17.8 Å². The molecule has 0 unspecified atom stereocenters. The zero-order chi connectivity index (χ0) is 13.0. The summed E-state index contributed by atoms with van der Waals surface area (Å²) in [6, 6.07) is 0. The summed E-state index contributed by atoms with van der Waals surface area (Å²) in [6.45, 7) is 3.08. The molecular weight excluding hydrogens is 248 g/mol. The summed E-state index contributed by atoms with van der Waals surface area (Å²) in [4.78, 5) is 7.63. The largest absolute Gasteiger partial charge is 0.480 e. The second-order valence-electron chi connectivity index (χ2n) is 4.71. The van der Waals surface area contributed by atoms with E-state index in [1.165, 1.54) is 19.3 Å². The minimum atomic E-state index is 0.744. The fourth-order valence-electron chi connectivity index (χ4n) is 2.02. The Hall–Kier alpha value is -0.850. The molecule has 1 aliphatic rings. The lowest BCUT2D eigenvalue weighted by Crippen LogP contribution is -2.40. The third kappa shape index (κ3) is 3.34. The first-order chi connectivity index (χ1) is 8.70. The van der Waals surface area contributed by atoms with Crippen LogP contribution in [0.4, 0.5) is 5.13 Å². The number of hydrogen-bond donors (Lipinski definition) is 1. The van der Waals surface area contributed by atoms with Crippen LogP contribution in [0.3, 0.4) is 0 Å². The third-order valence-corrected chi connectivity index (χ3v) is 4.25. The fraction of sp³-hybridized carbons (Fsp3) is 0.750. The zero-order valence-electron chi connectivity index (χ0n) is 11.4. The van der Waals surface area contributed by atoms with Crippen LogP contribution >= 0.6 is 11.3 Å². The molecule has 1 aromatic heterocycles. The molecule has 2 rings (SSSR count). The quantitative estimate of drug-likeness (QED) is 0.882. The Balaban J connectivity index is 1.94. The molecule has 102 valence electrons. The van der Waals surface area contributed by atoms with E-state index in [-0.39, 0.29) is 0 Å². The summed E-state index contributed by atoms with van der Waals surface area (Å²) >= 11 is 1.68. The number of aromatic nitrogens is 1. The van der Waals surface area contributed by atoms with E-state index >= 15 is 0 Å². The van der Waals surface area contributed by atoms with E-state index < -0.39 is 0 Å². The molecule has 2 heterocycles. The van der Waals surface area contributed by atoms with Gasteiger partial charge >= 0.3 is 0 Å². The highest BCUT2D eigenvalue weighted by atomic mass is 32.1. The number of methoxy groups -OCH3 is 1. The molecule has 0 bridgehead atoms. The minimum Gasteiger partial charge on any atom is -0.480 e. The monoisotopic (exact) mass is 270 g/mol. The molecular formula is C12H22N4OS. The van der Waals surface area contributed by atoms with E-state index in [0.29, 0.717) is 0 Å². The standard InChI is InChI=1S/C12H22N4OS/c1-15(2)12-14-11(17-3)10(18-12)9-13-16-7-5-4-6-8-16/h13H,4-9H2,1-3H3. The number of rotatable bonds is 5. The van der Waals surface area contributed by atoms with Gasteiger partial charge in [-0.25, -0.2) is 10.4 Å². The molecule has 0 amide bonds. The number of nitrogens with one attached hydrogen (secondary N) is 1. The molecule has 0 aliphatic carbocycles. The van der Waals surface area contributed by atoms with Crippen LogP contribution in [0, 0.1) is 0 Å². The molecule has 0 aromatic carbocycles. The van der Waals surface area contributed by atoms with Gasteiger partial charge in [-0.2, -0.15) is 4.98 Å². The summed E-state index contributed by atoms with van der Waals surface area (Å²) in [5.41, 5.74) is 3.47. The Kier molecular flexibility index (Phi) is 4.79. The molecule has 1 aromatic rings. The van der Waals surface area contributed by atoms with Crippen LogP contribution in [-0.2, 0) is 6.54 Å². The van der Waals surface area contributed by atoms with Crippen molar-refractivity contribution in [2.75, 3.05) is 39.2 Å². The average molecular weight is 270 g/mol. The van der Waals surface area contributed by atoms with Gasteiger partial charge in [0.2, 0.25) is 5.88 Å². The van der Waals surface area contributed by atoms with Crippen molar-refractivity contribution >= 4 is 16.5 Å². The molecule has 6 heteroatoms. The van der Waals surface area contributed by atoms with Crippen molar-refractivity contribution < 1.29 is 4.74 Å². The van der Waals surface area contributed by atoms with Crippen LogP contribution in [0.25, 0.3) is 0 Å². The zero-order valence-corrected chi connectivity index (χ0v) is 12.2. The molecule has 1 saturated heterocycles. The van der Waals surface area contributed by atoms with Crippen molar-refractivity contribution in [3.63, 3.8) is 0 Å². The van der Waals surface area contributed by atoms with Crippen molar-refractivity contribution in [1.82, 2.24) is 15.4 Å². The summed E-state index contributed by atoms with van der Waals surface area (Å²) in [6.07, 6.45) is 3.93. The van der Waals surface area contributed by atoms with Crippen LogP contribution in [0.5, 0.6) is 5.88 Å². The highest BCUT2D eigenvalue weighted by Crippen LogP contribution is 2.30. The smallest absolute Gasteiger partial charge is 0.230 e. The summed E-state index contributed by atoms with van der Waals surface area (Å²) < 4.78 is 5.33. The van der Waals surface area contributed by atoms with Gasteiger partial charge in [0.05, 0.1) is 18.5 Å². The van der Waals surface area contributed by atoms with E-state index in [9.17, 15) is 0 Å². The summed E-state index contributed by atoms with van der Waals surface area (Å²) in [5, 5.41) is 3.29. The molecule has 1 fully saturated rings. The predicted octanol–water partition coefficient (Wildman–Crippen LogP) is 1.71. The fourth-order valence-corrected chi connectivity index (χ4v) is 2.91. The van der Waals surface area contributed by atoms with E-state index in [1.807, 2.05) is 19.0 Å². The van der Waals surface area contributed by atoms with E-state index in [1.54, 1.807) is 18.4 Å². The van der Waals surface area contributed by atoms with Gasteiger partial charge in [0.15, 0.2) is 5.13 Å². The summed E-state index contributed by atoms with van der Waals surface area (Å²) in [7, 11) is 5.68. The lowest BCUT2D eigenvalue weighted by Gasteiger charge is -2.26. The SMILES string of the molecule is COc1nc(N(C)C)sc1CNN1CCCCC1. The minimum absolute atomic E-state index is 0.744. The van der Waals surface area contributed by atoms with Crippen molar-refractivity contribution in [1.29, 1.82) is 0 Å². The summed E-state index contributed by atoms with van der Waals surface area (Å²) in [5.74, 6) is 0.744. The Bertz CT molecular complexity index is 374. The number of ether oxygens (including phenoxy) is 1. The first kappa shape index (κ1) is 13.6. The van der Waals surface area contributed by atoms with Crippen molar-refractivity contribution in [2.45, 2.75) is 25.8 Å². The third-order valence-electron chi connectivity index (χ3n) is 3.05. The first-order valence-corrected chi connectivity index (χ1v) is 7.22. The van der Waals surface area contributed by atoms with Gasteiger partial charge in [0.25, 0.3) is 0 Å². The Labute approximate surface area is 113 Å². The number of hydrazine groups is 1. The normalized spacial score (nSPS) is 16.8. The van der Waals surface area contributed by atoms with Gasteiger partial charge in [-0.15, -0.1) is 0 Å². The Morgan fingerprint density at radius 1 is 1.33 bits per heavy atom. The van der Waals surface area contributed by atoms with Crippen molar-refractivity contribution in [3.8, 4) is 5.88 Å². The Morgan fingerprint density at radius 2 is 2.06 bits per heavy atom. The number of nitrogens with zero attached hydrogens (tertiary/aromatic N) is 3. The second-order valence-corrected chi connectivity index (χ2v) is 5.77. The van der Waals surface area contributed by atoms with Gasteiger partial charge in [-0.05, 0) is 12.8 Å². The molecule has 0 spiro atoms. The van der Waals surface area contributed by atoms with E-state index in [2.05, 4.69) is 15.4 Å². The maximum atomic E-state index is 5.33. The van der Waals surface area contributed by atoms with Gasteiger partial charge in [0, 0.05) is 27.2 Å². The number of thiazole rings is 1. The highest BCUT2D eigenvalue weighted by molar-refractivity contribution is 7.15. The van der Waals surface area contributed by atoms with Crippen molar-refractivity contribution in [3.05, 3.63) is 4.88 Å². The van der Waals surface area contributed by atoms with Crippen molar-refractivity contribution in [2.24, 2.45) is 0 Å². The van der Waals surface area contributed by atoms with Gasteiger partial charge in [0.1, 0.15) is 0 Å². The molecule has 1 aliphatic heterocycles. The number of anilines is 1. The Morgan fingerprint density at radius 3 is 2.67 bits per heavy atom. The van der Waals surface area contributed by atoms with Crippen LogP contribution in [0.1, 0.15) is 24.1 Å². The average Bonchev–Trinajstić information content (AvgIpc) is 2.81.